The number of carbonyl (C=O) groups excluding carboxylic acids is 1. The van der Waals surface area contributed by atoms with Crippen molar-refractivity contribution in [2.24, 2.45) is 0 Å². The molecule has 7 heteroatoms. The minimum Gasteiger partial charge on any atom is -0.366 e. The second-order valence-corrected chi connectivity index (χ2v) is 3.54. The number of nitrogens with zero attached hydrogens (tertiary/aromatic N) is 2. The van der Waals surface area contributed by atoms with Crippen molar-refractivity contribution in [1.82, 2.24) is 15.2 Å². The van der Waals surface area contributed by atoms with Gasteiger partial charge >= 0.3 is 6.03 Å². The van der Waals surface area contributed by atoms with Crippen molar-refractivity contribution in [3.05, 3.63) is 23.9 Å². The molecule has 1 heterocycles. The Morgan fingerprint density at radius 2 is 2.12 bits per heavy atom. The van der Waals surface area contributed by atoms with E-state index < -0.39 is 11.6 Å². The Morgan fingerprint density at radius 3 is 2.71 bits per heavy atom. The molecule has 94 valence electrons. The van der Waals surface area contributed by atoms with Gasteiger partial charge in [0.05, 0.1) is 6.20 Å². The molecule has 0 fully saturated rings. The topological polar surface area (TPSA) is 57.3 Å². The maximum atomic E-state index is 13.1. The second-order valence-electron chi connectivity index (χ2n) is 3.54. The fourth-order valence-electron chi connectivity index (χ4n) is 1.05. The van der Waals surface area contributed by atoms with Gasteiger partial charge in [-0.05, 0) is 0 Å². The average Bonchev–Trinajstić information content (AvgIpc) is 2.26. The number of urea groups is 1. The molecule has 0 saturated heterocycles. The van der Waals surface area contributed by atoms with E-state index in [0.717, 1.165) is 12.3 Å². The Balaban J connectivity index is 2.34. The number of pyridine rings is 1. The van der Waals surface area contributed by atoms with Gasteiger partial charge in [-0.1, -0.05) is 0 Å². The average molecular weight is 244 g/mol. The van der Waals surface area contributed by atoms with Crippen LogP contribution in [0.1, 0.15) is 0 Å². The summed E-state index contributed by atoms with van der Waals surface area (Å²) in [6.07, 6.45) is 0.920. The van der Waals surface area contributed by atoms with Crippen LogP contribution >= 0.6 is 0 Å². The zero-order valence-electron chi connectivity index (χ0n) is 9.63. The van der Waals surface area contributed by atoms with Crippen molar-refractivity contribution in [1.29, 1.82) is 0 Å². The summed E-state index contributed by atoms with van der Waals surface area (Å²) in [7, 11) is 3.23. The van der Waals surface area contributed by atoms with E-state index in [4.69, 9.17) is 0 Å². The van der Waals surface area contributed by atoms with Crippen LogP contribution in [-0.4, -0.2) is 43.1 Å². The maximum Gasteiger partial charge on any atom is 0.316 e. The Bertz CT molecular complexity index is 398. The SMILES string of the molecule is CN(C)C(=O)NCCNc1ncc(F)cc1F. The monoisotopic (exact) mass is 244 g/mol. The maximum absolute atomic E-state index is 13.1. The summed E-state index contributed by atoms with van der Waals surface area (Å²) in [4.78, 5) is 16.0. The molecule has 2 N–H and O–H groups in total. The van der Waals surface area contributed by atoms with E-state index >= 15 is 0 Å². The van der Waals surface area contributed by atoms with Crippen LogP contribution in [0.5, 0.6) is 0 Å². The lowest BCUT2D eigenvalue weighted by molar-refractivity contribution is 0.218. The molecule has 1 aromatic heterocycles. The van der Waals surface area contributed by atoms with Crippen LogP contribution < -0.4 is 10.6 Å². The van der Waals surface area contributed by atoms with Crippen molar-refractivity contribution < 1.29 is 13.6 Å². The molecule has 2 amide bonds. The zero-order chi connectivity index (χ0) is 12.8. The Hall–Kier alpha value is -1.92. The highest BCUT2D eigenvalue weighted by Crippen LogP contribution is 2.10. The number of amides is 2. The number of hydrogen-bond acceptors (Lipinski definition) is 3. The van der Waals surface area contributed by atoms with Gasteiger partial charge in [0.25, 0.3) is 0 Å². The normalized spacial score (nSPS) is 9.88. The standard InChI is InChI=1S/C10H14F2N4O/c1-16(2)10(17)14-4-3-13-9-8(12)5-7(11)6-15-9/h5-6H,3-4H2,1-2H3,(H,13,15)(H,14,17). The first kappa shape index (κ1) is 13.1. The molecule has 0 spiro atoms. The van der Waals surface area contributed by atoms with Crippen LogP contribution in [0.2, 0.25) is 0 Å². The van der Waals surface area contributed by atoms with Crippen LogP contribution in [0.4, 0.5) is 19.4 Å². The molecule has 0 unspecified atom stereocenters. The molecule has 0 bridgehead atoms. The van der Waals surface area contributed by atoms with Crippen molar-refractivity contribution in [2.75, 3.05) is 32.5 Å². The predicted octanol–water partition coefficient (Wildman–Crippen LogP) is 1.04. The van der Waals surface area contributed by atoms with E-state index in [0.29, 0.717) is 13.1 Å². The van der Waals surface area contributed by atoms with Crippen molar-refractivity contribution in [2.45, 2.75) is 0 Å². The zero-order valence-corrected chi connectivity index (χ0v) is 9.63. The highest BCUT2D eigenvalue weighted by atomic mass is 19.1. The number of anilines is 1. The Kier molecular flexibility index (Phi) is 4.62. The van der Waals surface area contributed by atoms with E-state index in [1.165, 1.54) is 4.90 Å². The fraction of sp³-hybridized carbons (Fsp3) is 0.400. The van der Waals surface area contributed by atoms with Crippen LogP contribution in [0.3, 0.4) is 0 Å². The van der Waals surface area contributed by atoms with Gasteiger partial charge in [0.15, 0.2) is 11.6 Å². The van der Waals surface area contributed by atoms with Gasteiger partial charge < -0.3 is 15.5 Å². The van der Waals surface area contributed by atoms with Gasteiger partial charge in [-0.25, -0.2) is 18.6 Å². The molecule has 5 nitrogen and oxygen atoms in total. The summed E-state index contributed by atoms with van der Waals surface area (Å²) in [6, 6.07) is 0.507. The second kappa shape index (κ2) is 5.97. The number of rotatable bonds is 4. The lowest BCUT2D eigenvalue weighted by Gasteiger charge is -2.12. The lowest BCUT2D eigenvalue weighted by atomic mass is 10.4. The van der Waals surface area contributed by atoms with Crippen LogP contribution in [-0.2, 0) is 0 Å². The van der Waals surface area contributed by atoms with E-state index in [2.05, 4.69) is 15.6 Å². The first-order chi connectivity index (χ1) is 8.00. The number of carbonyl (C=O) groups is 1. The van der Waals surface area contributed by atoms with Gasteiger partial charge in [0.1, 0.15) is 5.82 Å². The molecule has 0 radical (unpaired) electrons. The molecular formula is C10H14F2N4O. The minimum atomic E-state index is -0.760. The number of hydrogen-bond donors (Lipinski definition) is 2. The number of nitrogens with one attached hydrogen (secondary N) is 2. The van der Waals surface area contributed by atoms with Crippen LogP contribution in [0, 0.1) is 11.6 Å². The molecule has 0 aliphatic rings. The molecule has 1 aromatic rings. The van der Waals surface area contributed by atoms with E-state index in [-0.39, 0.29) is 11.8 Å². The van der Waals surface area contributed by atoms with Crippen molar-refractivity contribution >= 4 is 11.8 Å². The van der Waals surface area contributed by atoms with Gasteiger partial charge in [0.2, 0.25) is 0 Å². The summed E-state index contributed by atoms with van der Waals surface area (Å²) in [5, 5.41) is 5.23. The van der Waals surface area contributed by atoms with Gasteiger partial charge in [-0.3, -0.25) is 0 Å². The third kappa shape index (κ3) is 4.21. The summed E-state index contributed by atoms with van der Waals surface area (Å²) < 4.78 is 25.6. The van der Waals surface area contributed by atoms with Crippen molar-refractivity contribution in [3.8, 4) is 0 Å². The third-order valence-corrected chi connectivity index (χ3v) is 1.91. The quantitative estimate of drug-likeness (QED) is 0.778. The van der Waals surface area contributed by atoms with E-state index in [1.54, 1.807) is 14.1 Å². The fourth-order valence-corrected chi connectivity index (χ4v) is 1.05. The first-order valence-electron chi connectivity index (χ1n) is 5.01. The van der Waals surface area contributed by atoms with Crippen LogP contribution in [0.25, 0.3) is 0 Å². The molecule has 0 aliphatic carbocycles. The Labute approximate surface area is 97.8 Å². The van der Waals surface area contributed by atoms with Gasteiger partial charge in [0, 0.05) is 33.3 Å². The van der Waals surface area contributed by atoms with E-state index in [1.807, 2.05) is 0 Å². The first-order valence-corrected chi connectivity index (χ1v) is 5.01. The molecule has 1 rings (SSSR count). The molecule has 17 heavy (non-hydrogen) atoms. The van der Waals surface area contributed by atoms with Crippen molar-refractivity contribution in [3.63, 3.8) is 0 Å². The summed E-state index contributed by atoms with van der Waals surface area (Å²) in [5.74, 6) is -1.52. The largest absolute Gasteiger partial charge is 0.366 e. The highest BCUT2D eigenvalue weighted by Gasteiger charge is 2.05. The molecular weight excluding hydrogens is 230 g/mol. The lowest BCUT2D eigenvalue weighted by Crippen LogP contribution is -2.37. The number of halogens is 2. The minimum absolute atomic E-state index is 0.0366. The third-order valence-electron chi connectivity index (χ3n) is 1.91. The van der Waals surface area contributed by atoms with Gasteiger partial charge in [-0.15, -0.1) is 0 Å². The van der Waals surface area contributed by atoms with Crippen LogP contribution in [0.15, 0.2) is 12.3 Å². The smallest absolute Gasteiger partial charge is 0.316 e. The number of aromatic nitrogens is 1. The molecule has 0 atom stereocenters. The molecule has 0 aromatic carbocycles. The highest BCUT2D eigenvalue weighted by molar-refractivity contribution is 5.73. The Morgan fingerprint density at radius 1 is 1.41 bits per heavy atom. The summed E-state index contributed by atoms with van der Waals surface area (Å²) >= 11 is 0. The predicted molar refractivity (Wildman–Crippen MR) is 59.7 cm³/mol. The summed E-state index contributed by atoms with van der Waals surface area (Å²) in [6.45, 7) is 0.616. The van der Waals surface area contributed by atoms with E-state index in [9.17, 15) is 13.6 Å². The molecule has 0 saturated carbocycles. The summed E-state index contributed by atoms with van der Waals surface area (Å²) in [5.41, 5.74) is 0. The van der Waals surface area contributed by atoms with Gasteiger partial charge in [-0.2, -0.15) is 0 Å². The molecule has 0 aliphatic heterocycles.